The van der Waals surface area contributed by atoms with E-state index in [0.29, 0.717) is 12.1 Å². The summed E-state index contributed by atoms with van der Waals surface area (Å²) in [5.74, 6) is 0.944. The summed E-state index contributed by atoms with van der Waals surface area (Å²) < 4.78 is 0. The fraction of sp³-hybridized carbons (Fsp3) is 0.900. The molecule has 140 valence electrons. The van der Waals surface area contributed by atoms with Crippen LogP contribution >= 0.6 is 0 Å². The van der Waals surface area contributed by atoms with Gasteiger partial charge in [0.2, 0.25) is 0 Å². The fourth-order valence-electron chi connectivity index (χ4n) is 5.63. The Bertz CT molecular complexity index is 522. The highest BCUT2D eigenvalue weighted by Gasteiger charge is 2.49. The number of piperidine rings is 1. The van der Waals surface area contributed by atoms with Crippen LogP contribution in [0.2, 0.25) is 0 Å². The molecule has 2 atom stereocenters. The molecular weight excluding hydrogens is 312 g/mol. The van der Waals surface area contributed by atoms with Crippen molar-refractivity contribution in [1.82, 2.24) is 15.5 Å². The van der Waals surface area contributed by atoms with Gasteiger partial charge in [-0.2, -0.15) is 0 Å². The summed E-state index contributed by atoms with van der Waals surface area (Å²) in [7, 11) is 0. The number of nitrogens with zero attached hydrogens (tertiary/aromatic N) is 2. The highest BCUT2D eigenvalue weighted by atomic mass is 16.2. The zero-order valence-corrected chi connectivity index (χ0v) is 15.7. The summed E-state index contributed by atoms with van der Waals surface area (Å²) in [6.07, 6.45) is 15.1. The molecule has 4 fully saturated rings. The normalized spacial score (nSPS) is 37.4. The van der Waals surface area contributed by atoms with E-state index in [1.165, 1.54) is 64.2 Å². The lowest BCUT2D eigenvalue weighted by molar-refractivity contribution is 0.0593. The van der Waals surface area contributed by atoms with Gasteiger partial charge in [0.25, 0.3) is 0 Å². The first kappa shape index (κ1) is 17.3. The molecule has 2 amide bonds. The topological polar surface area (TPSA) is 56.7 Å². The minimum atomic E-state index is -0.237. The summed E-state index contributed by atoms with van der Waals surface area (Å²) in [4.78, 5) is 19.9. The molecule has 2 aliphatic heterocycles. The van der Waals surface area contributed by atoms with Gasteiger partial charge in [0, 0.05) is 18.6 Å². The molecule has 0 aromatic carbocycles. The molecule has 4 aliphatic rings. The van der Waals surface area contributed by atoms with Crippen LogP contribution in [-0.4, -0.2) is 47.0 Å². The molecule has 0 aromatic heterocycles. The molecule has 0 bridgehead atoms. The molecule has 4 rings (SSSR count). The van der Waals surface area contributed by atoms with Crippen molar-refractivity contribution in [1.29, 1.82) is 0 Å². The molecule has 1 spiro atoms. The van der Waals surface area contributed by atoms with Crippen LogP contribution in [0, 0.1) is 0 Å². The Labute approximate surface area is 152 Å². The summed E-state index contributed by atoms with van der Waals surface area (Å²) in [6.45, 7) is 3.43. The van der Waals surface area contributed by atoms with Gasteiger partial charge in [0.05, 0.1) is 6.04 Å². The van der Waals surface area contributed by atoms with Crippen molar-refractivity contribution in [3.05, 3.63) is 0 Å². The lowest BCUT2D eigenvalue weighted by atomic mass is 9.81. The second-order valence-corrected chi connectivity index (χ2v) is 8.76. The van der Waals surface area contributed by atoms with Gasteiger partial charge < -0.3 is 5.32 Å². The number of rotatable bonds is 2. The largest absolute Gasteiger partial charge is 0.325 e. The standard InChI is InChI=1S/C20H34N4O/c1-15-14-20(12-13-24(15)17-10-6-3-7-11-17)18(22-19(25)23-20)21-16-8-4-2-5-9-16/h15-17H,2-14H2,1H3,(H2,21,22,23,25). The molecule has 0 radical (unpaired) electrons. The van der Waals surface area contributed by atoms with Crippen LogP contribution in [0.3, 0.4) is 0 Å². The Morgan fingerprint density at radius 2 is 1.72 bits per heavy atom. The Kier molecular flexibility index (Phi) is 5.03. The smallest absolute Gasteiger partial charge is 0.321 e. The molecule has 2 N–H and O–H groups in total. The van der Waals surface area contributed by atoms with Gasteiger partial charge in [0.1, 0.15) is 11.4 Å². The molecule has 2 saturated heterocycles. The van der Waals surface area contributed by atoms with E-state index >= 15 is 0 Å². The maximum Gasteiger partial charge on any atom is 0.321 e. The van der Waals surface area contributed by atoms with Crippen LogP contribution in [0.5, 0.6) is 0 Å². The zero-order chi connectivity index (χ0) is 17.3. The Morgan fingerprint density at radius 1 is 1.04 bits per heavy atom. The summed E-state index contributed by atoms with van der Waals surface area (Å²) >= 11 is 0. The van der Waals surface area contributed by atoms with E-state index in [1.54, 1.807) is 0 Å². The summed E-state index contributed by atoms with van der Waals surface area (Å²) in [5, 5.41) is 6.31. The van der Waals surface area contributed by atoms with Crippen molar-refractivity contribution in [2.45, 2.75) is 108 Å². The van der Waals surface area contributed by atoms with Crippen LogP contribution in [0.25, 0.3) is 0 Å². The number of likely N-dealkylation sites (tertiary alicyclic amines) is 1. The third-order valence-electron chi connectivity index (χ3n) is 6.97. The summed E-state index contributed by atoms with van der Waals surface area (Å²) in [6, 6.07) is 1.62. The van der Waals surface area contributed by atoms with Crippen LogP contribution in [-0.2, 0) is 0 Å². The van der Waals surface area contributed by atoms with Gasteiger partial charge in [-0.15, -0.1) is 0 Å². The van der Waals surface area contributed by atoms with Gasteiger partial charge in [-0.3, -0.25) is 15.2 Å². The predicted octanol–water partition coefficient (Wildman–Crippen LogP) is 3.59. The maximum atomic E-state index is 12.1. The number of hydrogen-bond donors (Lipinski definition) is 2. The van der Waals surface area contributed by atoms with Gasteiger partial charge in [0.15, 0.2) is 0 Å². The maximum absolute atomic E-state index is 12.1. The van der Waals surface area contributed by atoms with Gasteiger partial charge in [-0.25, -0.2) is 4.79 Å². The van der Waals surface area contributed by atoms with Crippen LogP contribution in [0.1, 0.15) is 84.0 Å². The van der Waals surface area contributed by atoms with Crippen molar-refractivity contribution in [3.8, 4) is 0 Å². The average molecular weight is 347 g/mol. The van der Waals surface area contributed by atoms with Gasteiger partial charge >= 0.3 is 6.03 Å². The number of amides is 2. The van der Waals surface area contributed by atoms with Crippen molar-refractivity contribution in [2.24, 2.45) is 4.99 Å². The minimum absolute atomic E-state index is 0.0483. The van der Waals surface area contributed by atoms with E-state index in [9.17, 15) is 4.79 Å². The van der Waals surface area contributed by atoms with Crippen LogP contribution in [0.4, 0.5) is 4.79 Å². The molecule has 5 heteroatoms. The second kappa shape index (κ2) is 7.26. The first-order valence-corrected chi connectivity index (χ1v) is 10.6. The number of amidine groups is 1. The second-order valence-electron chi connectivity index (χ2n) is 8.76. The molecule has 2 saturated carbocycles. The van der Waals surface area contributed by atoms with E-state index in [2.05, 4.69) is 22.5 Å². The van der Waals surface area contributed by atoms with E-state index < -0.39 is 0 Å². The van der Waals surface area contributed by atoms with E-state index in [4.69, 9.17) is 4.99 Å². The highest BCUT2D eigenvalue weighted by Crippen LogP contribution is 2.35. The monoisotopic (exact) mass is 346 g/mol. The SMILES string of the molecule is CC1CC2(CCN1C1CCCCC1)NC(=O)NC2=NC1CCCCC1. The lowest BCUT2D eigenvalue weighted by Gasteiger charge is -2.47. The van der Waals surface area contributed by atoms with Gasteiger partial charge in [-0.1, -0.05) is 38.5 Å². The first-order chi connectivity index (χ1) is 12.2. The van der Waals surface area contributed by atoms with E-state index in [-0.39, 0.29) is 11.6 Å². The van der Waals surface area contributed by atoms with Crippen molar-refractivity contribution < 1.29 is 4.79 Å². The van der Waals surface area contributed by atoms with Crippen molar-refractivity contribution in [3.63, 3.8) is 0 Å². The first-order valence-electron chi connectivity index (χ1n) is 10.6. The number of carbonyl (C=O) groups excluding carboxylic acids is 1. The van der Waals surface area contributed by atoms with Crippen LogP contribution < -0.4 is 10.6 Å². The molecule has 2 heterocycles. The third-order valence-corrected chi connectivity index (χ3v) is 6.97. The van der Waals surface area contributed by atoms with Crippen molar-refractivity contribution in [2.75, 3.05) is 6.54 Å². The third kappa shape index (κ3) is 3.57. The molecule has 0 aromatic rings. The molecule has 2 aliphatic carbocycles. The molecular formula is C20H34N4O. The minimum Gasteiger partial charge on any atom is -0.325 e. The number of aliphatic imine (C=N–C) groups is 1. The molecule has 25 heavy (non-hydrogen) atoms. The van der Waals surface area contributed by atoms with E-state index in [0.717, 1.165) is 31.3 Å². The zero-order valence-electron chi connectivity index (χ0n) is 15.7. The summed E-state index contributed by atoms with van der Waals surface area (Å²) in [5.41, 5.74) is -0.237. The number of urea groups is 1. The fourth-order valence-corrected chi connectivity index (χ4v) is 5.63. The number of hydrogen-bond acceptors (Lipinski definition) is 3. The molecule has 2 unspecified atom stereocenters. The highest BCUT2D eigenvalue weighted by molar-refractivity contribution is 6.10. The lowest BCUT2D eigenvalue weighted by Crippen LogP contribution is -2.60. The molecule has 5 nitrogen and oxygen atoms in total. The van der Waals surface area contributed by atoms with Gasteiger partial charge in [-0.05, 0) is 45.4 Å². The van der Waals surface area contributed by atoms with Crippen LogP contribution in [0.15, 0.2) is 4.99 Å². The van der Waals surface area contributed by atoms with E-state index in [1.807, 2.05) is 0 Å². The number of carbonyl (C=O) groups is 1. The Hall–Kier alpha value is -1.10. The number of nitrogens with one attached hydrogen (secondary N) is 2. The average Bonchev–Trinajstić information content (AvgIpc) is 2.91. The predicted molar refractivity (Wildman–Crippen MR) is 101 cm³/mol. The Morgan fingerprint density at radius 3 is 2.40 bits per heavy atom. The quantitative estimate of drug-likeness (QED) is 0.803. The van der Waals surface area contributed by atoms with Crippen molar-refractivity contribution >= 4 is 11.9 Å². The Balaban J connectivity index is 1.48.